The molecule has 1 N–H and O–H groups in total. The third-order valence-corrected chi connectivity index (χ3v) is 2.65. The number of ketones is 1. The maximum absolute atomic E-state index is 11.1. The van der Waals surface area contributed by atoms with Gasteiger partial charge in [-0.3, -0.25) is 4.79 Å². The van der Waals surface area contributed by atoms with Gasteiger partial charge in [-0.15, -0.1) is 0 Å². The fraction of sp³-hybridized carbons (Fsp3) is 0.300. The van der Waals surface area contributed by atoms with Crippen molar-refractivity contribution >= 4 is 17.4 Å². The minimum Gasteiger partial charge on any atom is -0.508 e. The van der Waals surface area contributed by atoms with Crippen LogP contribution < -0.4 is 0 Å². The predicted molar refractivity (Wildman–Crippen MR) is 50.1 cm³/mol. The van der Waals surface area contributed by atoms with Crippen LogP contribution in [0.4, 0.5) is 0 Å². The van der Waals surface area contributed by atoms with Gasteiger partial charge in [0.1, 0.15) is 11.5 Å². The van der Waals surface area contributed by atoms with E-state index >= 15 is 0 Å². The van der Waals surface area contributed by atoms with E-state index in [9.17, 15) is 9.90 Å². The zero-order valence-electron chi connectivity index (χ0n) is 7.01. The van der Waals surface area contributed by atoms with Gasteiger partial charge >= 0.3 is 0 Å². The topological polar surface area (TPSA) is 37.3 Å². The maximum atomic E-state index is 11.1. The molecule has 68 valence electrons. The van der Waals surface area contributed by atoms with E-state index < -0.39 is 0 Å². The first-order chi connectivity index (χ1) is 6.16. The van der Waals surface area contributed by atoms with Crippen LogP contribution >= 0.6 is 11.6 Å². The number of aromatic hydroxyl groups is 1. The van der Waals surface area contributed by atoms with Gasteiger partial charge in [-0.05, 0) is 29.7 Å². The summed E-state index contributed by atoms with van der Waals surface area (Å²) < 4.78 is 0. The highest BCUT2D eigenvalue weighted by Crippen LogP contribution is 2.30. The molecule has 0 saturated heterocycles. The quantitative estimate of drug-likeness (QED) is 0.690. The summed E-state index contributed by atoms with van der Waals surface area (Å²) in [4.78, 5) is 11.1. The third-order valence-electron chi connectivity index (χ3n) is 2.31. The fourth-order valence-corrected chi connectivity index (χ4v) is 2.01. The monoisotopic (exact) mass is 196 g/mol. The van der Waals surface area contributed by atoms with E-state index in [2.05, 4.69) is 0 Å². The molecule has 0 heterocycles. The largest absolute Gasteiger partial charge is 0.508 e. The van der Waals surface area contributed by atoms with Crippen LogP contribution in [-0.2, 0) is 17.6 Å². The molecule has 1 aliphatic carbocycles. The summed E-state index contributed by atoms with van der Waals surface area (Å²) in [6, 6.07) is 3.15. The molecule has 0 bridgehead atoms. The number of rotatable bonds is 0. The molecule has 0 amide bonds. The minimum atomic E-state index is 0.137. The van der Waals surface area contributed by atoms with Crippen molar-refractivity contribution in [2.45, 2.75) is 19.3 Å². The number of halogens is 1. The van der Waals surface area contributed by atoms with Gasteiger partial charge in [0, 0.05) is 17.9 Å². The SMILES string of the molecule is O=C1CCc2c(Cl)cc(O)cc2C1. The first-order valence-electron chi connectivity index (χ1n) is 4.19. The van der Waals surface area contributed by atoms with E-state index in [1.54, 1.807) is 6.07 Å². The van der Waals surface area contributed by atoms with Crippen LogP contribution in [0.25, 0.3) is 0 Å². The van der Waals surface area contributed by atoms with Crippen LogP contribution in [0, 0.1) is 0 Å². The Morgan fingerprint density at radius 3 is 2.85 bits per heavy atom. The molecule has 2 rings (SSSR count). The normalized spacial score (nSPS) is 15.6. The lowest BCUT2D eigenvalue weighted by Gasteiger charge is -2.16. The zero-order valence-corrected chi connectivity index (χ0v) is 7.77. The van der Waals surface area contributed by atoms with Gasteiger partial charge in [-0.1, -0.05) is 11.6 Å². The highest BCUT2D eigenvalue weighted by molar-refractivity contribution is 6.31. The van der Waals surface area contributed by atoms with Gasteiger partial charge in [0.25, 0.3) is 0 Å². The molecule has 0 aliphatic heterocycles. The summed E-state index contributed by atoms with van der Waals surface area (Å²) in [6.45, 7) is 0. The molecule has 1 aliphatic rings. The molecule has 0 unspecified atom stereocenters. The summed E-state index contributed by atoms with van der Waals surface area (Å²) in [5.74, 6) is 0.354. The molecular weight excluding hydrogens is 188 g/mol. The van der Waals surface area contributed by atoms with Gasteiger partial charge in [-0.2, -0.15) is 0 Å². The van der Waals surface area contributed by atoms with Crippen molar-refractivity contribution in [3.05, 3.63) is 28.3 Å². The van der Waals surface area contributed by atoms with Crippen LogP contribution in [0.5, 0.6) is 5.75 Å². The van der Waals surface area contributed by atoms with Gasteiger partial charge in [0.15, 0.2) is 0 Å². The first kappa shape index (κ1) is 8.57. The van der Waals surface area contributed by atoms with Crippen LogP contribution in [0.2, 0.25) is 5.02 Å². The Morgan fingerprint density at radius 1 is 1.31 bits per heavy atom. The Bertz CT molecular complexity index is 371. The molecule has 0 fully saturated rings. The van der Waals surface area contributed by atoms with E-state index in [0.29, 0.717) is 24.3 Å². The fourth-order valence-electron chi connectivity index (χ4n) is 1.68. The predicted octanol–water partition coefficient (Wildman–Crippen LogP) is 2.10. The highest BCUT2D eigenvalue weighted by Gasteiger charge is 2.18. The summed E-state index contributed by atoms with van der Waals surface area (Å²) in [6.07, 6.45) is 1.67. The Morgan fingerprint density at radius 2 is 2.08 bits per heavy atom. The maximum Gasteiger partial charge on any atom is 0.137 e. The molecule has 13 heavy (non-hydrogen) atoms. The minimum absolute atomic E-state index is 0.137. The van der Waals surface area contributed by atoms with E-state index in [1.807, 2.05) is 0 Å². The molecule has 0 spiro atoms. The van der Waals surface area contributed by atoms with Crippen LogP contribution in [0.1, 0.15) is 17.5 Å². The summed E-state index contributed by atoms with van der Waals surface area (Å²) in [5.41, 5.74) is 1.89. The van der Waals surface area contributed by atoms with E-state index in [-0.39, 0.29) is 11.5 Å². The van der Waals surface area contributed by atoms with Crippen molar-refractivity contribution in [2.24, 2.45) is 0 Å². The van der Waals surface area contributed by atoms with Crippen LogP contribution in [0.3, 0.4) is 0 Å². The number of Topliss-reactive ketones (excluding diaryl/α,β-unsaturated/α-hetero) is 1. The zero-order chi connectivity index (χ0) is 9.42. The van der Waals surface area contributed by atoms with Crippen LogP contribution in [-0.4, -0.2) is 10.9 Å². The van der Waals surface area contributed by atoms with Crippen LogP contribution in [0.15, 0.2) is 12.1 Å². The Balaban J connectivity index is 2.53. The molecule has 0 saturated carbocycles. The summed E-state index contributed by atoms with van der Waals surface area (Å²) in [5, 5.41) is 9.83. The first-order valence-corrected chi connectivity index (χ1v) is 4.56. The molecule has 0 radical (unpaired) electrons. The second-order valence-corrected chi connectivity index (χ2v) is 3.69. The molecule has 0 aromatic heterocycles. The van der Waals surface area contributed by atoms with E-state index in [1.165, 1.54) is 6.07 Å². The number of carbonyl (C=O) groups excluding carboxylic acids is 1. The second kappa shape index (κ2) is 3.04. The Kier molecular flexibility index (Phi) is 2.00. The molecule has 1 aromatic rings. The number of fused-ring (bicyclic) bond motifs is 1. The van der Waals surface area contributed by atoms with E-state index in [0.717, 1.165) is 11.1 Å². The average molecular weight is 197 g/mol. The third kappa shape index (κ3) is 1.54. The molecule has 2 nitrogen and oxygen atoms in total. The van der Waals surface area contributed by atoms with Gasteiger partial charge in [0.2, 0.25) is 0 Å². The van der Waals surface area contributed by atoms with Gasteiger partial charge < -0.3 is 5.11 Å². The Labute approximate surface area is 81.1 Å². The van der Waals surface area contributed by atoms with Gasteiger partial charge in [-0.25, -0.2) is 0 Å². The smallest absolute Gasteiger partial charge is 0.137 e. The number of phenols is 1. The second-order valence-electron chi connectivity index (χ2n) is 3.28. The lowest BCUT2D eigenvalue weighted by molar-refractivity contribution is -0.118. The molecular formula is C10H9ClO2. The Hall–Kier alpha value is -1.02. The molecule has 0 atom stereocenters. The van der Waals surface area contributed by atoms with Crippen molar-refractivity contribution in [1.29, 1.82) is 0 Å². The summed E-state index contributed by atoms with van der Waals surface area (Å²) in [7, 11) is 0. The standard InChI is InChI=1S/C10H9ClO2/c11-10-5-8(13)4-6-3-7(12)1-2-9(6)10/h4-5,13H,1-3H2. The average Bonchev–Trinajstić information content (AvgIpc) is 2.02. The lowest BCUT2D eigenvalue weighted by atomic mass is 9.91. The number of phenolic OH excluding ortho intramolecular Hbond substituents is 1. The molecule has 3 heteroatoms. The van der Waals surface area contributed by atoms with Gasteiger partial charge in [0.05, 0.1) is 0 Å². The summed E-state index contributed by atoms with van der Waals surface area (Å²) >= 11 is 5.92. The number of hydrogen-bond acceptors (Lipinski definition) is 2. The van der Waals surface area contributed by atoms with Crippen molar-refractivity contribution in [3.8, 4) is 5.75 Å². The van der Waals surface area contributed by atoms with E-state index in [4.69, 9.17) is 11.6 Å². The number of carbonyl (C=O) groups is 1. The lowest BCUT2D eigenvalue weighted by Crippen LogP contribution is -2.13. The van der Waals surface area contributed by atoms with Crippen molar-refractivity contribution in [2.75, 3.05) is 0 Å². The van der Waals surface area contributed by atoms with Crippen molar-refractivity contribution < 1.29 is 9.90 Å². The number of benzene rings is 1. The molecule has 1 aromatic carbocycles. The number of hydrogen-bond donors (Lipinski definition) is 1. The van der Waals surface area contributed by atoms with Crippen molar-refractivity contribution in [3.63, 3.8) is 0 Å². The van der Waals surface area contributed by atoms with Crippen molar-refractivity contribution in [1.82, 2.24) is 0 Å². The highest BCUT2D eigenvalue weighted by atomic mass is 35.5.